The molecule has 3 nitrogen and oxygen atoms in total. The van der Waals surface area contributed by atoms with Gasteiger partial charge in [-0.2, -0.15) is 0 Å². The highest BCUT2D eigenvalue weighted by Crippen LogP contribution is 1.85. The summed E-state index contributed by atoms with van der Waals surface area (Å²) in [5.41, 5.74) is 0. The van der Waals surface area contributed by atoms with Crippen molar-refractivity contribution < 1.29 is 5.11 Å². The second-order valence-electron chi connectivity index (χ2n) is 1.24. The monoisotopic (exact) mass is 109 g/mol. The van der Waals surface area contributed by atoms with E-state index in [1.54, 1.807) is 18.5 Å². The predicted octanol–water partition coefficient (Wildman–Crippen LogP) is 0.359. The normalized spacial score (nSPS) is 9.12. The molecule has 1 N–H and O–H groups in total. The first-order chi connectivity index (χ1) is 3.93. The van der Waals surface area contributed by atoms with E-state index in [1.165, 1.54) is 0 Å². The fraction of sp³-hybridized carbons (Fsp3) is 0. The number of aliphatic hydroxyl groups excluding tert-OH is 1. The van der Waals surface area contributed by atoms with Crippen LogP contribution in [0.25, 0.3) is 0 Å². The second-order valence-corrected chi connectivity index (χ2v) is 1.24. The lowest BCUT2D eigenvalue weighted by molar-refractivity contribution is 0.406. The maximum atomic E-state index is 8.29. The van der Waals surface area contributed by atoms with Crippen molar-refractivity contribution in [2.24, 2.45) is 0 Å². The van der Waals surface area contributed by atoms with E-state index in [0.717, 1.165) is 6.61 Å². The van der Waals surface area contributed by atoms with Crippen molar-refractivity contribution >= 4 is 0 Å². The van der Waals surface area contributed by atoms with Gasteiger partial charge in [-0.3, -0.25) is 0 Å². The number of nitrogens with zero attached hydrogens (tertiary/aromatic N) is 2. The number of aromatic nitrogens is 2. The number of hydrogen-bond donors (Lipinski definition) is 1. The summed E-state index contributed by atoms with van der Waals surface area (Å²) in [5.74, 6) is 0.340. The smallest absolute Gasteiger partial charge is 0.159 e. The molecular weight excluding hydrogens is 104 g/mol. The molecule has 0 unspecified atom stereocenters. The second kappa shape index (κ2) is 2.37. The van der Waals surface area contributed by atoms with Gasteiger partial charge < -0.3 is 5.11 Å². The lowest BCUT2D eigenvalue weighted by atomic mass is 10.6. The molecule has 0 saturated heterocycles. The van der Waals surface area contributed by atoms with E-state index in [9.17, 15) is 0 Å². The molecule has 0 aliphatic heterocycles. The van der Waals surface area contributed by atoms with Crippen molar-refractivity contribution in [1.82, 2.24) is 9.97 Å². The van der Waals surface area contributed by atoms with E-state index in [1.807, 2.05) is 0 Å². The van der Waals surface area contributed by atoms with Gasteiger partial charge in [0.15, 0.2) is 5.82 Å². The maximum absolute atomic E-state index is 8.29. The van der Waals surface area contributed by atoms with Crippen LogP contribution in [0.3, 0.4) is 0 Å². The van der Waals surface area contributed by atoms with E-state index in [0.29, 0.717) is 5.82 Å². The molecule has 0 amide bonds. The average molecular weight is 109 g/mol. The van der Waals surface area contributed by atoms with E-state index in [4.69, 9.17) is 5.11 Å². The summed E-state index contributed by atoms with van der Waals surface area (Å²) < 4.78 is 0. The first-order valence-corrected chi connectivity index (χ1v) is 2.18. The molecule has 0 bridgehead atoms. The quantitative estimate of drug-likeness (QED) is 0.566. The van der Waals surface area contributed by atoms with Crippen molar-refractivity contribution in [2.75, 3.05) is 0 Å². The molecule has 0 aliphatic rings. The maximum Gasteiger partial charge on any atom is 0.159 e. The van der Waals surface area contributed by atoms with Crippen molar-refractivity contribution in [3.05, 3.63) is 30.9 Å². The minimum atomic E-state index is 0.340. The molecule has 1 aromatic rings. The fourth-order valence-corrected chi connectivity index (χ4v) is 0.377. The van der Waals surface area contributed by atoms with Crippen LogP contribution in [0, 0.1) is 6.61 Å². The summed E-state index contributed by atoms with van der Waals surface area (Å²) >= 11 is 0. The van der Waals surface area contributed by atoms with Gasteiger partial charge in [0.25, 0.3) is 0 Å². The zero-order valence-electron chi connectivity index (χ0n) is 4.15. The Kier molecular flexibility index (Phi) is 1.54. The molecule has 0 fully saturated rings. The SMILES string of the molecule is O[CH]c1ncccn1. The molecule has 3 heteroatoms. The molecular formula is C5H5N2O. The topological polar surface area (TPSA) is 46.0 Å². The molecule has 41 valence electrons. The van der Waals surface area contributed by atoms with Gasteiger partial charge in [-0.25, -0.2) is 9.97 Å². The standard InChI is InChI=1S/C5H5N2O/c8-4-5-6-2-1-3-7-5/h1-4,8H. The fourth-order valence-electron chi connectivity index (χ4n) is 0.377. The molecule has 0 aliphatic carbocycles. The average Bonchev–Trinajstić information content (AvgIpc) is 1.90. The largest absolute Gasteiger partial charge is 0.382 e. The Morgan fingerprint density at radius 2 is 2.00 bits per heavy atom. The summed E-state index contributed by atoms with van der Waals surface area (Å²) in [7, 11) is 0. The number of aliphatic hydroxyl groups is 1. The summed E-state index contributed by atoms with van der Waals surface area (Å²) in [6.45, 7) is 0.861. The van der Waals surface area contributed by atoms with Gasteiger partial charge in [0.2, 0.25) is 0 Å². The van der Waals surface area contributed by atoms with Crippen LogP contribution in [-0.4, -0.2) is 15.1 Å². The molecule has 0 aromatic carbocycles. The van der Waals surface area contributed by atoms with Gasteiger partial charge in [0, 0.05) is 12.4 Å². The van der Waals surface area contributed by atoms with Crippen LogP contribution in [0.4, 0.5) is 0 Å². The highest BCUT2D eigenvalue weighted by atomic mass is 16.3. The molecule has 1 radical (unpaired) electrons. The third-order valence-electron chi connectivity index (χ3n) is 0.701. The molecule has 0 saturated carbocycles. The van der Waals surface area contributed by atoms with Crippen molar-refractivity contribution in [3.8, 4) is 0 Å². The van der Waals surface area contributed by atoms with Crippen LogP contribution in [-0.2, 0) is 0 Å². The van der Waals surface area contributed by atoms with Crippen LogP contribution in [0.2, 0.25) is 0 Å². The molecule has 1 rings (SSSR count). The van der Waals surface area contributed by atoms with Gasteiger partial charge in [-0.15, -0.1) is 0 Å². The van der Waals surface area contributed by atoms with E-state index >= 15 is 0 Å². The van der Waals surface area contributed by atoms with Gasteiger partial charge in [0.1, 0.15) is 6.61 Å². The van der Waals surface area contributed by atoms with E-state index in [2.05, 4.69) is 9.97 Å². The zero-order chi connectivity index (χ0) is 5.82. The Morgan fingerprint density at radius 1 is 1.38 bits per heavy atom. The Hall–Kier alpha value is -0.960. The molecule has 1 heterocycles. The van der Waals surface area contributed by atoms with E-state index in [-0.39, 0.29) is 0 Å². The third-order valence-corrected chi connectivity index (χ3v) is 0.701. The molecule has 0 atom stereocenters. The summed E-state index contributed by atoms with van der Waals surface area (Å²) in [6, 6.07) is 1.69. The summed E-state index contributed by atoms with van der Waals surface area (Å²) in [4.78, 5) is 7.36. The minimum Gasteiger partial charge on any atom is -0.382 e. The molecule has 8 heavy (non-hydrogen) atoms. The van der Waals surface area contributed by atoms with Crippen LogP contribution in [0.15, 0.2) is 18.5 Å². The molecule has 1 aromatic heterocycles. The Morgan fingerprint density at radius 3 is 2.38 bits per heavy atom. The summed E-state index contributed by atoms with van der Waals surface area (Å²) in [5, 5.41) is 8.29. The van der Waals surface area contributed by atoms with Gasteiger partial charge >= 0.3 is 0 Å². The highest BCUT2D eigenvalue weighted by molar-refractivity contribution is 4.94. The summed E-state index contributed by atoms with van der Waals surface area (Å²) in [6.07, 6.45) is 3.13. The van der Waals surface area contributed by atoms with Gasteiger partial charge in [0.05, 0.1) is 0 Å². The number of rotatable bonds is 1. The van der Waals surface area contributed by atoms with Crippen LogP contribution in [0.5, 0.6) is 0 Å². The Balaban J connectivity index is 2.83. The van der Waals surface area contributed by atoms with Crippen molar-refractivity contribution in [1.29, 1.82) is 0 Å². The molecule has 0 spiro atoms. The minimum absolute atomic E-state index is 0.340. The third kappa shape index (κ3) is 1.01. The predicted molar refractivity (Wildman–Crippen MR) is 27.4 cm³/mol. The Bertz CT molecular complexity index is 152. The highest BCUT2D eigenvalue weighted by Gasteiger charge is 1.85. The van der Waals surface area contributed by atoms with Crippen LogP contribution < -0.4 is 0 Å². The van der Waals surface area contributed by atoms with Crippen LogP contribution in [0.1, 0.15) is 5.82 Å². The Labute approximate surface area is 47.0 Å². The zero-order valence-corrected chi connectivity index (χ0v) is 4.15. The van der Waals surface area contributed by atoms with Gasteiger partial charge in [-0.05, 0) is 6.07 Å². The van der Waals surface area contributed by atoms with Crippen molar-refractivity contribution in [3.63, 3.8) is 0 Å². The van der Waals surface area contributed by atoms with Gasteiger partial charge in [-0.1, -0.05) is 0 Å². The first kappa shape index (κ1) is 5.18. The van der Waals surface area contributed by atoms with E-state index < -0.39 is 0 Å². The lowest BCUT2D eigenvalue weighted by Crippen LogP contribution is -1.87. The van der Waals surface area contributed by atoms with Crippen LogP contribution >= 0.6 is 0 Å². The number of hydrogen-bond acceptors (Lipinski definition) is 3. The first-order valence-electron chi connectivity index (χ1n) is 2.18. The lowest BCUT2D eigenvalue weighted by Gasteiger charge is -1.86. The van der Waals surface area contributed by atoms with Crippen molar-refractivity contribution in [2.45, 2.75) is 0 Å².